The summed E-state index contributed by atoms with van der Waals surface area (Å²) in [7, 11) is -1.89. The van der Waals surface area contributed by atoms with Crippen molar-refractivity contribution in [2.24, 2.45) is 0 Å². The van der Waals surface area contributed by atoms with Crippen molar-refractivity contribution in [2.75, 3.05) is 0 Å². The molecule has 0 amide bonds. The molecule has 0 aliphatic rings. The van der Waals surface area contributed by atoms with E-state index in [1.807, 2.05) is 41.2 Å². The standard InChI is InChI=1S/C27H27Cl2NOSi/c1-27(2,3)24-25(28)20(18-23(26(24)29)30-16-10-11-17-30)19-31-32(21-12-6-4-7-13-21)22-14-8-5-9-15-22/h4-18,32H,19H2,1-3H3. The van der Waals surface area contributed by atoms with Crippen LogP contribution >= 0.6 is 23.2 Å². The molecule has 4 rings (SSSR count). The van der Waals surface area contributed by atoms with Crippen LogP contribution in [0, 0.1) is 0 Å². The van der Waals surface area contributed by atoms with Crippen molar-refractivity contribution in [3.63, 3.8) is 0 Å². The van der Waals surface area contributed by atoms with Gasteiger partial charge in [0.25, 0.3) is 0 Å². The van der Waals surface area contributed by atoms with Crippen LogP contribution in [0.4, 0.5) is 0 Å². The summed E-state index contributed by atoms with van der Waals surface area (Å²) in [4.78, 5) is 0. The largest absolute Gasteiger partial charge is 0.407 e. The number of halogens is 2. The first kappa shape index (κ1) is 22.9. The van der Waals surface area contributed by atoms with Gasteiger partial charge in [-0.05, 0) is 45.1 Å². The Kier molecular flexibility index (Phi) is 6.92. The molecule has 0 saturated carbocycles. The predicted molar refractivity (Wildman–Crippen MR) is 139 cm³/mol. The molecule has 0 N–H and O–H groups in total. The molecule has 0 fully saturated rings. The van der Waals surface area contributed by atoms with Gasteiger partial charge in [0.2, 0.25) is 9.04 Å². The van der Waals surface area contributed by atoms with E-state index in [1.54, 1.807) is 0 Å². The highest BCUT2D eigenvalue weighted by Crippen LogP contribution is 2.41. The molecule has 0 bridgehead atoms. The number of nitrogens with zero attached hydrogens (tertiary/aromatic N) is 1. The van der Waals surface area contributed by atoms with Gasteiger partial charge in [0.1, 0.15) is 0 Å². The molecule has 1 heterocycles. The Hall–Kier alpha value is -2.30. The number of rotatable bonds is 6. The van der Waals surface area contributed by atoms with Crippen molar-refractivity contribution in [3.8, 4) is 5.69 Å². The molecule has 164 valence electrons. The molecular weight excluding hydrogens is 453 g/mol. The van der Waals surface area contributed by atoms with Crippen molar-refractivity contribution in [2.45, 2.75) is 32.8 Å². The zero-order valence-electron chi connectivity index (χ0n) is 18.6. The maximum atomic E-state index is 6.95. The second kappa shape index (κ2) is 9.68. The Labute approximate surface area is 202 Å². The predicted octanol–water partition coefficient (Wildman–Crippen LogP) is 6.14. The second-order valence-electron chi connectivity index (χ2n) is 8.91. The molecule has 0 radical (unpaired) electrons. The highest BCUT2D eigenvalue weighted by Gasteiger charge is 2.27. The fraction of sp³-hybridized carbons (Fsp3) is 0.185. The van der Waals surface area contributed by atoms with E-state index in [0.29, 0.717) is 16.7 Å². The van der Waals surface area contributed by atoms with Crippen molar-refractivity contribution < 1.29 is 4.43 Å². The first-order chi connectivity index (χ1) is 15.4. The van der Waals surface area contributed by atoms with Crippen molar-refractivity contribution in [1.82, 2.24) is 4.57 Å². The van der Waals surface area contributed by atoms with Crippen LogP contribution in [-0.4, -0.2) is 13.6 Å². The summed E-state index contributed by atoms with van der Waals surface area (Å²) >= 11 is 13.8. The van der Waals surface area contributed by atoms with Gasteiger partial charge < -0.3 is 8.99 Å². The lowest BCUT2D eigenvalue weighted by Gasteiger charge is -2.26. The Bertz CT molecular complexity index is 1130. The molecular formula is C27H27Cl2NOSi. The van der Waals surface area contributed by atoms with Crippen molar-refractivity contribution in [3.05, 3.63) is 112 Å². The molecule has 1 aromatic heterocycles. The van der Waals surface area contributed by atoms with Gasteiger partial charge in [0.05, 0.1) is 22.3 Å². The second-order valence-corrected chi connectivity index (χ2v) is 12.1. The van der Waals surface area contributed by atoms with E-state index in [-0.39, 0.29) is 5.41 Å². The summed E-state index contributed by atoms with van der Waals surface area (Å²) in [6, 6.07) is 27.0. The third-order valence-electron chi connectivity index (χ3n) is 5.50. The molecule has 0 aliphatic carbocycles. The molecule has 5 heteroatoms. The van der Waals surface area contributed by atoms with Crippen LogP contribution in [0.15, 0.2) is 91.3 Å². The Morgan fingerprint density at radius 1 is 0.781 bits per heavy atom. The van der Waals surface area contributed by atoms with Crippen LogP contribution in [0.25, 0.3) is 5.69 Å². The average Bonchev–Trinajstić information content (AvgIpc) is 3.30. The van der Waals surface area contributed by atoms with Crippen LogP contribution in [0.3, 0.4) is 0 Å². The van der Waals surface area contributed by atoms with Gasteiger partial charge in [-0.3, -0.25) is 0 Å². The zero-order chi connectivity index (χ0) is 22.7. The van der Waals surface area contributed by atoms with E-state index in [1.165, 1.54) is 10.4 Å². The number of hydrogen-bond acceptors (Lipinski definition) is 1. The Morgan fingerprint density at radius 3 is 1.81 bits per heavy atom. The molecule has 2 nitrogen and oxygen atoms in total. The molecule has 0 aliphatic heterocycles. The summed E-state index contributed by atoms with van der Waals surface area (Å²) < 4.78 is 8.69. The highest BCUT2D eigenvalue weighted by atomic mass is 35.5. The average molecular weight is 481 g/mol. The maximum absolute atomic E-state index is 6.95. The third kappa shape index (κ3) is 4.87. The minimum absolute atomic E-state index is 0.207. The van der Waals surface area contributed by atoms with E-state index < -0.39 is 9.04 Å². The number of hydrogen-bond donors (Lipinski definition) is 0. The SMILES string of the molecule is CC(C)(C)c1c(Cl)c(CO[SiH](c2ccccc2)c2ccccc2)cc(-n2cccc2)c1Cl. The van der Waals surface area contributed by atoms with E-state index in [4.69, 9.17) is 27.6 Å². The smallest absolute Gasteiger partial charge is 0.240 e. The molecule has 4 aromatic rings. The molecule has 0 spiro atoms. The molecule has 3 aromatic carbocycles. The van der Waals surface area contributed by atoms with Gasteiger partial charge in [0, 0.05) is 12.4 Å². The molecule has 0 unspecified atom stereocenters. The van der Waals surface area contributed by atoms with Crippen LogP contribution in [-0.2, 0) is 16.4 Å². The molecule has 0 atom stereocenters. The first-order valence-electron chi connectivity index (χ1n) is 10.7. The first-order valence-corrected chi connectivity index (χ1v) is 13.1. The van der Waals surface area contributed by atoms with E-state index in [0.717, 1.165) is 16.8 Å². The minimum atomic E-state index is -1.89. The van der Waals surface area contributed by atoms with Crippen molar-refractivity contribution in [1.29, 1.82) is 0 Å². The van der Waals surface area contributed by atoms with Gasteiger partial charge in [0.15, 0.2) is 0 Å². The summed E-state index contributed by atoms with van der Waals surface area (Å²) in [6.45, 7) is 6.83. The minimum Gasteiger partial charge on any atom is -0.407 e. The van der Waals surface area contributed by atoms with Gasteiger partial charge >= 0.3 is 0 Å². The Morgan fingerprint density at radius 2 is 1.31 bits per heavy atom. The normalized spacial score (nSPS) is 11.8. The topological polar surface area (TPSA) is 14.2 Å². The van der Waals surface area contributed by atoms with Crippen LogP contribution in [0.5, 0.6) is 0 Å². The molecule has 0 saturated heterocycles. The zero-order valence-corrected chi connectivity index (χ0v) is 21.2. The van der Waals surface area contributed by atoms with Gasteiger partial charge in [-0.2, -0.15) is 0 Å². The fourth-order valence-corrected chi connectivity index (χ4v) is 7.26. The van der Waals surface area contributed by atoms with E-state index >= 15 is 0 Å². The quantitative estimate of drug-likeness (QED) is 0.303. The highest BCUT2D eigenvalue weighted by molar-refractivity contribution is 6.80. The van der Waals surface area contributed by atoms with E-state index in [9.17, 15) is 0 Å². The van der Waals surface area contributed by atoms with Crippen LogP contribution in [0.2, 0.25) is 10.0 Å². The van der Waals surface area contributed by atoms with Crippen LogP contribution in [0.1, 0.15) is 31.9 Å². The number of aromatic nitrogens is 1. The summed E-state index contributed by atoms with van der Waals surface area (Å²) in [5.41, 5.74) is 2.61. The Balaban J connectivity index is 1.75. The third-order valence-corrected chi connectivity index (χ3v) is 8.79. The monoisotopic (exact) mass is 479 g/mol. The number of benzene rings is 3. The van der Waals surface area contributed by atoms with Crippen LogP contribution < -0.4 is 10.4 Å². The summed E-state index contributed by atoms with van der Waals surface area (Å²) in [5, 5.41) is 3.85. The molecule has 32 heavy (non-hydrogen) atoms. The van der Waals surface area contributed by atoms with E-state index in [2.05, 4.69) is 75.4 Å². The lowest BCUT2D eigenvalue weighted by molar-refractivity contribution is 0.321. The van der Waals surface area contributed by atoms with Gasteiger partial charge in [-0.1, -0.05) is 105 Å². The maximum Gasteiger partial charge on any atom is 0.240 e. The lowest BCUT2D eigenvalue weighted by atomic mass is 9.85. The summed E-state index contributed by atoms with van der Waals surface area (Å²) in [6.07, 6.45) is 4.00. The lowest BCUT2D eigenvalue weighted by Crippen LogP contribution is -2.44. The fourth-order valence-electron chi connectivity index (χ4n) is 3.94. The van der Waals surface area contributed by atoms with Gasteiger partial charge in [-0.15, -0.1) is 0 Å². The van der Waals surface area contributed by atoms with Crippen molar-refractivity contribution >= 4 is 42.6 Å². The summed E-state index contributed by atoms with van der Waals surface area (Å²) in [5.74, 6) is 0. The van der Waals surface area contributed by atoms with Gasteiger partial charge in [-0.25, -0.2) is 0 Å².